The minimum atomic E-state index is 0.443. The van der Waals surface area contributed by atoms with E-state index in [9.17, 15) is 0 Å². The number of anilines is 3. The first-order valence-electron chi connectivity index (χ1n) is 5.62. The van der Waals surface area contributed by atoms with Crippen molar-refractivity contribution in [2.24, 2.45) is 0 Å². The lowest BCUT2D eigenvalue weighted by molar-refractivity contribution is 1.01. The summed E-state index contributed by atoms with van der Waals surface area (Å²) in [4.78, 5) is 8.43. The van der Waals surface area contributed by atoms with Gasteiger partial charge in [-0.25, -0.2) is 4.98 Å². The number of aromatic nitrogens is 2. The summed E-state index contributed by atoms with van der Waals surface area (Å²) in [5.41, 5.74) is 8.02. The van der Waals surface area contributed by atoms with Gasteiger partial charge in [-0.15, -0.1) is 0 Å². The van der Waals surface area contributed by atoms with Crippen LogP contribution >= 0.6 is 0 Å². The Kier molecular flexibility index (Phi) is 3.39. The molecule has 0 spiro atoms. The lowest BCUT2D eigenvalue weighted by Crippen LogP contribution is -2.03. The van der Waals surface area contributed by atoms with Gasteiger partial charge in [0.25, 0.3) is 0 Å². The topological polar surface area (TPSA) is 87.6 Å². The van der Waals surface area contributed by atoms with E-state index in [0.717, 1.165) is 17.8 Å². The Balaban J connectivity index is 2.22. The lowest BCUT2D eigenvalue weighted by Gasteiger charge is -2.07. The van der Waals surface area contributed by atoms with Gasteiger partial charge >= 0.3 is 0 Å². The molecule has 1 heterocycles. The third-order valence-electron chi connectivity index (χ3n) is 2.43. The summed E-state index contributed by atoms with van der Waals surface area (Å²) in [6, 6.07) is 10.9. The van der Waals surface area contributed by atoms with Crippen LogP contribution in [-0.4, -0.2) is 9.97 Å². The standard InChI is InChI=1S/C13H13N5/c1-2-10-7-12(15)18-13(16-10)17-11-5-3-9(8-14)4-6-11/h3-7H,2H2,1H3,(H3,15,16,17,18). The molecule has 0 bridgehead atoms. The Morgan fingerprint density at radius 1 is 1.28 bits per heavy atom. The van der Waals surface area contributed by atoms with E-state index in [1.165, 1.54) is 0 Å². The second-order valence-electron chi connectivity index (χ2n) is 3.78. The highest BCUT2D eigenvalue weighted by Gasteiger charge is 2.02. The van der Waals surface area contributed by atoms with Gasteiger partial charge in [-0.05, 0) is 30.7 Å². The molecule has 90 valence electrons. The molecule has 0 aliphatic heterocycles. The number of nitrogens with zero attached hydrogens (tertiary/aromatic N) is 3. The number of hydrogen-bond acceptors (Lipinski definition) is 5. The molecule has 3 N–H and O–H groups in total. The molecule has 5 nitrogen and oxygen atoms in total. The van der Waals surface area contributed by atoms with Crippen molar-refractivity contribution in [3.63, 3.8) is 0 Å². The largest absolute Gasteiger partial charge is 0.384 e. The number of nitrogen functional groups attached to an aromatic ring is 1. The number of nitrogens with two attached hydrogens (primary N) is 1. The second-order valence-corrected chi connectivity index (χ2v) is 3.78. The maximum absolute atomic E-state index is 8.71. The van der Waals surface area contributed by atoms with Crippen LogP contribution in [0.4, 0.5) is 17.5 Å². The fourth-order valence-electron chi connectivity index (χ4n) is 1.51. The van der Waals surface area contributed by atoms with Crippen LogP contribution in [0.1, 0.15) is 18.2 Å². The first-order valence-corrected chi connectivity index (χ1v) is 5.62. The zero-order valence-corrected chi connectivity index (χ0v) is 10.0. The van der Waals surface area contributed by atoms with Crippen molar-refractivity contribution in [2.75, 3.05) is 11.1 Å². The summed E-state index contributed by atoms with van der Waals surface area (Å²) < 4.78 is 0. The second kappa shape index (κ2) is 5.15. The summed E-state index contributed by atoms with van der Waals surface area (Å²) in [7, 11) is 0. The van der Waals surface area contributed by atoms with Crippen LogP contribution in [0.3, 0.4) is 0 Å². The van der Waals surface area contributed by atoms with Crippen LogP contribution in [0.25, 0.3) is 0 Å². The molecule has 0 aliphatic carbocycles. The highest BCUT2D eigenvalue weighted by molar-refractivity contribution is 5.56. The molecule has 2 aromatic rings. The molecule has 0 radical (unpaired) electrons. The number of nitrogens with one attached hydrogen (secondary N) is 1. The highest BCUT2D eigenvalue weighted by Crippen LogP contribution is 2.15. The summed E-state index contributed by atoms with van der Waals surface area (Å²) in [6.07, 6.45) is 0.800. The SMILES string of the molecule is CCc1cc(N)nc(Nc2ccc(C#N)cc2)n1. The van der Waals surface area contributed by atoms with E-state index < -0.39 is 0 Å². The number of aryl methyl sites for hydroxylation is 1. The smallest absolute Gasteiger partial charge is 0.229 e. The molecule has 18 heavy (non-hydrogen) atoms. The third kappa shape index (κ3) is 2.74. The molecule has 1 aromatic heterocycles. The van der Waals surface area contributed by atoms with Crippen molar-refractivity contribution in [3.8, 4) is 6.07 Å². The molecule has 0 saturated heterocycles. The van der Waals surface area contributed by atoms with E-state index in [1.54, 1.807) is 30.3 Å². The van der Waals surface area contributed by atoms with Gasteiger partial charge in [0.1, 0.15) is 5.82 Å². The average molecular weight is 239 g/mol. The van der Waals surface area contributed by atoms with Gasteiger partial charge in [0.15, 0.2) is 0 Å². The third-order valence-corrected chi connectivity index (χ3v) is 2.43. The summed E-state index contributed by atoms with van der Waals surface area (Å²) in [5, 5.41) is 11.8. The van der Waals surface area contributed by atoms with Gasteiger partial charge in [-0.1, -0.05) is 6.92 Å². The fraction of sp³-hybridized carbons (Fsp3) is 0.154. The maximum Gasteiger partial charge on any atom is 0.229 e. The van der Waals surface area contributed by atoms with Crippen molar-refractivity contribution in [1.82, 2.24) is 9.97 Å². The number of hydrogen-bond donors (Lipinski definition) is 2. The van der Waals surface area contributed by atoms with Gasteiger partial charge in [0.05, 0.1) is 11.6 Å². The first kappa shape index (κ1) is 11.9. The van der Waals surface area contributed by atoms with Gasteiger partial charge in [-0.2, -0.15) is 10.2 Å². The van der Waals surface area contributed by atoms with E-state index in [-0.39, 0.29) is 0 Å². The molecule has 0 unspecified atom stereocenters. The predicted molar refractivity (Wildman–Crippen MR) is 70.3 cm³/mol. The van der Waals surface area contributed by atoms with Crippen LogP contribution in [0.15, 0.2) is 30.3 Å². The first-order chi connectivity index (χ1) is 8.71. The van der Waals surface area contributed by atoms with E-state index in [1.807, 2.05) is 6.92 Å². The monoisotopic (exact) mass is 239 g/mol. The molecule has 0 atom stereocenters. The van der Waals surface area contributed by atoms with Crippen LogP contribution < -0.4 is 11.1 Å². The van der Waals surface area contributed by atoms with Crippen LogP contribution in [0.2, 0.25) is 0 Å². The van der Waals surface area contributed by atoms with Crippen molar-refractivity contribution in [3.05, 3.63) is 41.6 Å². The molecule has 1 aromatic carbocycles. The highest BCUT2D eigenvalue weighted by atomic mass is 15.1. The molecular formula is C13H13N5. The van der Waals surface area contributed by atoms with Crippen LogP contribution in [0.5, 0.6) is 0 Å². The van der Waals surface area contributed by atoms with Gasteiger partial charge < -0.3 is 11.1 Å². The number of rotatable bonds is 3. The molecule has 0 amide bonds. The molecule has 0 aliphatic rings. The maximum atomic E-state index is 8.71. The number of benzene rings is 1. The Hall–Kier alpha value is -2.61. The Labute approximate surface area is 105 Å². The molecule has 0 fully saturated rings. The zero-order chi connectivity index (χ0) is 13.0. The van der Waals surface area contributed by atoms with E-state index in [0.29, 0.717) is 17.3 Å². The van der Waals surface area contributed by atoms with E-state index in [2.05, 4.69) is 21.4 Å². The zero-order valence-electron chi connectivity index (χ0n) is 10.0. The molecule has 5 heteroatoms. The van der Waals surface area contributed by atoms with Crippen LogP contribution in [-0.2, 0) is 6.42 Å². The van der Waals surface area contributed by atoms with Crippen molar-refractivity contribution < 1.29 is 0 Å². The minimum Gasteiger partial charge on any atom is -0.384 e. The number of nitriles is 1. The Morgan fingerprint density at radius 2 is 2.00 bits per heavy atom. The van der Waals surface area contributed by atoms with Crippen LogP contribution in [0, 0.1) is 11.3 Å². The predicted octanol–water partition coefficient (Wildman–Crippen LogP) is 2.24. The molecule has 0 saturated carbocycles. The lowest BCUT2D eigenvalue weighted by atomic mass is 10.2. The average Bonchev–Trinajstić information content (AvgIpc) is 2.39. The fourth-order valence-corrected chi connectivity index (χ4v) is 1.51. The Bertz CT molecular complexity index is 583. The van der Waals surface area contributed by atoms with Crippen molar-refractivity contribution in [1.29, 1.82) is 5.26 Å². The van der Waals surface area contributed by atoms with Gasteiger partial charge in [0, 0.05) is 17.4 Å². The summed E-state index contributed by atoms with van der Waals surface area (Å²) in [6.45, 7) is 2.01. The molecule has 2 rings (SSSR count). The quantitative estimate of drug-likeness (QED) is 0.857. The van der Waals surface area contributed by atoms with Gasteiger partial charge in [-0.3, -0.25) is 0 Å². The van der Waals surface area contributed by atoms with Gasteiger partial charge in [0.2, 0.25) is 5.95 Å². The Morgan fingerprint density at radius 3 is 2.61 bits per heavy atom. The molecular weight excluding hydrogens is 226 g/mol. The summed E-state index contributed by atoms with van der Waals surface area (Å²) >= 11 is 0. The van der Waals surface area contributed by atoms with Crippen molar-refractivity contribution in [2.45, 2.75) is 13.3 Å². The normalized spacial score (nSPS) is 9.78. The van der Waals surface area contributed by atoms with E-state index in [4.69, 9.17) is 11.0 Å². The van der Waals surface area contributed by atoms with E-state index >= 15 is 0 Å². The summed E-state index contributed by atoms with van der Waals surface area (Å²) in [5.74, 6) is 0.912. The minimum absolute atomic E-state index is 0.443. The van der Waals surface area contributed by atoms with Crippen molar-refractivity contribution >= 4 is 17.5 Å².